The van der Waals surface area contributed by atoms with Crippen LogP contribution in [0.25, 0.3) is 0 Å². The summed E-state index contributed by atoms with van der Waals surface area (Å²) in [5.74, 6) is -1.82. The highest BCUT2D eigenvalue weighted by molar-refractivity contribution is 5.96. The Kier molecular flexibility index (Phi) is 6.25. The van der Waals surface area contributed by atoms with Gasteiger partial charge in [0.25, 0.3) is 0 Å². The number of aromatic carboxylic acids is 2. The molecule has 24 heavy (non-hydrogen) atoms. The average molecular weight is 339 g/mol. The molecule has 1 aliphatic heterocycles. The van der Waals surface area contributed by atoms with Gasteiger partial charge in [-0.05, 0) is 24.7 Å². The Labute approximate surface area is 140 Å². The van der Waals surface area contributed by atoms with E-state index in [-0.39, 0.29) is 23.1 Å². The second-order valence-electron chi connectivity index (χ2n) is 6.38. The molecule has 1 aromatic heterocycles. The second kappa shape index (κ2) is 8.19. The molecule has 0 fully saturated rings. The fourth-order valence-electron chi connectivity index (χ4n) is 3.28. The van der Waals surface area contributed by atoms with Gasteiger partial charge in [-0.25, -0.2) is 9.59 Å². The van der Waals surface area contributed by atoms with Crippen molar-refractivity contribution >= 4 is 11.9 Å². The predicted octanol–water partition coefficient (Wildman–Crippen LogP) is 3.50. The monoisotopic (exact) mass is 339 g/mol. The first-order chi connectivity index (χ1) is 11.5. The molecule has 0 amide bonds. The molecule has 7 heteroatoms. The van der Waals surface area contributed by atoms with Crippen molar-refractivity contribution in [1.82, 2.24) is 4.98 Å². The normalized spacial score (nSPS) is 18.3. The largest absolute Gasteiger partial charge is 0.477 e. The zero-order valence-electron chi connectivity index (χ0n) is 14.1. The first kappa shape index (κ1) is 18.3. The van der Waals surface area contributed by atoms with Crippen LogP contribution in [0.2, 0.25) is 0 Å². The third-order valence-electron chi connectivity index (χ3n) is 4.63. The number of H-pyrrole nitrogens is 1. The van der Waals surface area contributed by atoms with Gasteiger partial charge < -0.3 is 20.1 Å². The molecule has 0 saturated heterocycles. The fourth-order valence-corrected chi connectivity index (χ4v) is 3.28. The van der Waals surface area contributed by atoms with Crippen LogP contribution in [0.15, 0.2) is 0 Å². The molecule has 0 aliphatic carbocycles. The summed E-state index contributed by atoms with van der Waals surface area (Å²) in [6.45, 7) is 4.64. The van der Waals surface area contributed by atoms with Crippen molar-refractivity contribution < 1.29 is 29.6 Å². The van der Waals surface area contributed by atoms with Gasteiger partial charge in [-0.2, -0.15) is 4.89 Å². The molecule has 2 rings (SSSR count). The van der Waals surface area contributed by atoms with Crippen LogP contribution in [0.3, 0.4) is 0 Å². The van der Waals surface area contributed by atoms with Gasteiger partial charge in [-0.3, -0.25) is 0 Å². The van der Waals surface area contributed by atoms with Gasteiger partial charge in [0.05, 0.1) is 6.61 Å². The van der Waals surface area contributed by atoms with Crippen molar-refractivity contribution in [3.63, 3.8) is 0 Å². The Morgan fingerprint density at radius 1 is 1.25 bits per heavy atom. The number of hydrogen-bond acceptors (Lipinski definition) is 4. The molecule has 2 heterocycles. The molecule has 3 N–H and O–H groups in total. The number of unbranched alkanes of at least 4 members (excludes halogenated alkanes) is 1. The Morgan fingerprint density at radius 3 is 2.54 bits per heavy atom. The van der Waals surface area contributed by atoms with Crippen LogP contribution in [-0.4, -0.2) is 33.7 Å². The molecule has 0 aromatic carbocycles. The summed E-state index contributed by atoms with van der Waals surface area (Å²) in [5, 5.41) is 18.6. The van der Waals surface area contributed by atoms with E-state index >= 15 is 0 Å². The fraction of sp³-hybridized carbons (Fsp3) is 0.647. The second-order valence-corrected chi connectivity index (χ2v) is 6.38. The molecule has 0 spiro atoms. The summed E-state index contributed by atoms with van der Waals surface area (Å²) in [6, 6.07) is 0. The van der Waals surface area contributed by atoms with Crippen molar-refractivity contribution in [2.24, 2.45) is 11.8 Å². The van der Waals surface area contributed by atoms with E-state index in [0.29, 0.717) is 24.5 Å². The van der Waals surface area contributed by atoms with E-state index in [1.54, 1.807) is 0 Å². The van der Waals surface area contributed by atoms with Gasteiger partial charge in [0.2, 0.25) is 5.75 Å². The lowest BCUT2D eigenvalue weighted by Gasteiger charge is -2.20. The van der Waals surface area contributed by atoms with Crippen molar-refractivity contribution in [3.05, 3.63) is 17.0 Å². The Hall–Kier alpha value is -2.02. The Balaban J connectivity index is 2.22. The van der Waals surface area contributed by atoms with Gasteiger partial charge in [0.15, 0.2) is 5.69 Å². The SMILES string of the molecule is CCCCC(CC)CC1COOc2c(C(=O)O)[nH]c(C(=O)O)c2C1. The van der Waals surface area contributed by atoms with E-state index in [1.807, 2.05) is 0 Å². The van der Waals surface area contributed by atoms with E-state index in [9.17, 15) is 19.8 Å². The Bertz CT molecular complexity index is 594. The number of aromatic amines is 1. The molecule has 2 unspecified atom stereocenters. The maximum absolute atomic E-state index is 11.4. The number of nitrogens with one attached hydrogen (secondary N) is 1. The van der Waals surface area contributed by atoms with Crippen LogP contribution in [0.4, 0.5) is 0 Å². The van der Waals surface area contributed by atoms with Crippen molar-refractivity contribution in [2.75, 3.05) is 6.61 Å². The third-order valence-corrected chi connectivity index (χ3v) is 4.63. The molecule has 1 aliphatic rings. The minimum atomic E-state index is -1.27. The number of aromatic nitrogens is 1. The van der Waals surface area contributed by atoms with Crippen LogP contribution >= 0.6 is 0 Å². The minimum Gasteiger partial charge on any atom is -0.477 e. The van der Waals surface area contributed by atoms with Gasteiger partial charge in [0, 0.05) is 5.56 Å². The number of fused-ring (bicyclic) bond motifs is 1. The number of rotatable bonds is 8. The quantitative estimate of drug-likeness (QED) is 0.625. The lowest BCUT2D eigenvalue weighted by atomic mass is 9.85. The first-order valence-electron chi connectivity index (χ1n) is 8.48. The van der Waals surface area contributed by atoms with E-state index in [0.717, 1.165) is 25.7 Å². The lowest BCUT2D eigenvalue weighted by molar-refractivity contribution is -0.213. The minimum absolute atomic E-state index is 0.0102. The number of hydrogen-bond donors (Lipinski definition) is 3. The summed E-state index contributed by atoms with van der Waals surface area (Å²) >= 11 is 0. The lowest BCUT2D eigenvalue weighted by Crippen LogP contribution is -2.17. The van der Waals surface area contributed by atoms with E-state index < -0.39 is 11.9 Å². The number of carboxylic acids is 2. The molecule has 0 radical (unpaired) electrons. The molecule has 7 nitrogen and oxygen atoms in total. The predicted molar refractivity (Wildman–Crippen MR) is 86.4 cm³/mol. The van der Waals surface area contributed by atoms with Crippen LogP contribution in [0.5, 0.6) is 5.75 Å². The smallest absolute Gasteiger partial charge is 0.356 e. The number of carboxylic acid groups (broad SMARTS) is 2. The van der Waals surface area contributed by atoms with Crippen molar-refractivity contribution in [3.8, 4) is 5.75 Å². The highest BCUT2D eigenvalue weighted by atomic mass is 17.2. The van der Waals surface area contributed by atoms with E-state index in [4.69, 9.17) is 9.78 Å². The summed E-state index contributed by atoms with van der Waals surface area (Å²) < 4.78 is 0. The van der Waals surface area contributed by atoms with Gasteiger partial charge in [-0.15, -0.1) is 0 Å². The van der Waals surface area contributed by atoms with Crippen LogP contribution in [-0.2, 0) is 11.3 Å². The van der Waals surface area contributed by atoms with Crippen molar-refractivity contribution in [1.29, 1.82) is 0 Å². The maximum atomic E-state index is 11.4. The molecule has 1 aromatic rings. The van der Waals surface area contributed by atoms with Crippen LogP contribution in [0.1, 0.15) is 72.5 Å². The molecular formula is C17H25NO6. The summed E-state index contributed by atoms with van der Waals surface area (Å²) in [6.07, 6.45) is 5.85. The molecule has 0 saturated carbocycles. The molecule has 2 atom stereocenters. The van der Waals surface area contributed by atoms with Gasteiger partial charge in [0.1, 0.15) is 5.69 Å². The van der Waals surface area contributed by atoms with Crippen LogP contribution < -0.4 is 4.89 Å². The summed E-state index contributed by atoms with van der Waals surface area (Å²) in [7, 11) is 0. The zero-order valence-corrected chi connectivity index (χ0v) is 14.1. The van der Waals surface area contributed by atoms with E-state index in [1.165, 1.54) is 6.42 Å². The Morgan fingerprint density at radius 2 is 1.96 bits per heavy atom. The highest BCUT2D eigenvalue weighted by Gasteiger charge is 2.32. The van der Waals surface area contributed by atoms with Crippen LogP contribution in [0, 0.1) is 11.8 Å². The summed E-state index contributed by atoms with van der Waals surface area (Å²) in [5.41, 5.74) is -0.0201. The first-order valence-corrected chi connectivity index (χ1v) is 8.48. The van der Waals surface area contributed by atoms with Gasteiger partial charge in [-0.1, -0.05) is 39.5 Å². The maximum Gasteiger partial charge on any atom is 0.356 e. The zero-order chi connectivity index (χ0) is 17.7. The van der Waals surface area contributed by atoms with Gasteiger partial charge >= 0.3 is 11.9 Å². The molecule has 0 bridgehead atoms. The standard InChI is InChI=1S/C17H25NO6/c1-3-5-6-10(4-2)7-11-8-12-13(16(19)20)18-14(17(21)22)15(12)24-23-9-11/h10-11,18H,3-9H2,1-2H3,(H,19,20)(H,21,22). The van der Waals surface area contributed by atoms with Crippen molar-refractivity contribution in [2.45, 2.75) is 52.4 Å². The molecule has 134 valence electrons. The number of carbonyl (C=O) groups is 2. The third kappa shape index (κ3) is 4.08. The highest BCUT2D eigenvalue weighted by Crippen LogP contribution is 2.35. The average Bonchev–Trinajstić information content (AvgIpc) is 2.78. The summed E-state index contributed by atoms with van der Waals surface area (Å²) in [4.78, 5) is 35.5. The van der Waals surface area contributed by atoms with E-state index in [2.05, 4.69) is 18.8 Å². The molecular weight excluding hydrogens is 314 g/mol. The topological polar surface area (TPSA) is 109 Å².